The van der Waals surface area contributed by atoms with Crippen LogP contribution in [-0.2, 0) is 13.2 Å². The Morgan fingerprint density at radius 3 is 2.64 bits per heavy atom. The average molecular weight is 538 g/mol. The van der Waals surface area contributed by atoms with Crippen molar-refractivity contribution >= 4 is 11.8 Å². The second-order valence-corrected chi connectivity index (χ2v) is 10.4. The molecule has 8 nitrogen and oxygen atoms in total. The van der Waals surface area contributed by atoms with Gasteiger partial charge in [0.05, 0.1) is 11.6 Å². The fraction of sp³-hybridized carbons (Fsp3) is 0.345. The first-order valence-corrected chi connectivity index (χ1v) is 12.8. The second-order valence-electron chi connectivity index (χ2n) is 10.4. The highest BCUT2D eigenvalue weighted by Crippen LogP contribution is 2.40. The number of halogens is 2. The van der Waals surface area contributed by atoms with Gasteiger partial charge in [-0.1, -0.05) is 36.4 Å². The molecule has 1 saturated heterocycles. The van der Waals surface area contributed by atoms with Gasteiger partial charge >= 0.3 is 0 Å². The van der Waals surface area contributed by atoms with Crippen molar-refractivity contribution < 1.29 is 28.2 Å². The van der Waals surface area contributed by atoms with E-state index in [9.17, 15) is 28.3 Å². The van der Waals surface area contributed by atoms with Crippen LogP contribution in [0.2, 0.25) is 0 Å². The summed E-state index contributed by atoms with van der Waals surface area (Å²) in [4.78, 5) is 42.2. The summed E-state index contributed by atoms with van der Waals surface area (Å²) in [6.07, 6.45) is 2.23. The normalized spacial score (nSPS) is 22.2. The summed E-state index contributed by atoms with van der Waals surface area (Å²) in [6, 6.07) is 11.2. The maximum Gasteiger partial charge on any atom is 0.274 e. The van der Waals surface area contributed by atoms with Crippen molar-refractivity contribution in [3.63, 3.8) is 0 Å². The molecule has 3 aromatic rings. The smallest absolute Gasteiger partial charge is 0.274 e. The van der Waals surface area contributed by atoms with Crippen molar-refractivity contribution in [2.75, 3.05) is 6.54 Å². The first-order chi connectivity index (χ1) is 18.6. The summed E-state index contributed by atoms with van der Waals surface area (Å²) in [5.74, 6) is -3.11. The maximum atomic E-state index is 14.1. The number of fused-ring (bicyclic) bond motifs is 4. The lowest BCUT2D eigenvalue weighted by Gasteiger charge is -2.41. The van der Waals surface area contributed by atoms with Gasteiger partial charge in [-0.2, -0.15) is 0 Å². The molecule has 1 aromatic heterocycles. The number of carbonyl (C=O) groups is 2. The summed E-state index contributed by atoms with van der Waals surface area (Å²) in [5, 5.41) is 13.9. The molecule has 3 atom stereocenters. The van der Waals surface area contributed by atoms with E-state index in [-0.39, 0.29) is 48.3 Å². The molecule has 204 valence electrons. The van der Waals surface area contributed by atoms with E-state index >= 15 is 0 Å². The molecule has 0 unspecified atom stereocenters. The lowest BCUT2D eigenvalue weighted by atomic mass is 9.90. The van der Waals surface area contributed by atoms with Gasteiger partial charge in [0.25, 0.3) is 11.8 Å². The number of nitrogens with one attached hydrogen (secondary N) is 1. The molecule has 3 heterocycles. The highest BCUT2D eigenvalue weighted by molar-refractivity contribution is 5.99. The molecule has 2 aromatic carbocycles. The van der Waals surface area contributed by atoms with Gasteiger partial charge in [-0.05, 0) is 38.3 Å². The predicted octanol–water partition coefficient (Wildman–Crippen LogP) is 3.57. The minimum Gasteiger partial charge on any atom is -0.483 e. The van der Waals surface area contributed by atoms with E-state index in [1.165, 1.54) is 16.8 Å². The fourth-order valence-corrected chi connectivity index (χ4v) is 5.22. The minimum atomic E-state index is -1.24. The summed E-state index contributed by atoms with van der Waals surface area (Å²) in [5.41, 5.74) is -1.60. The molecule has 39 heavy (non-hydrogen) atoms. The van der Waals surface area contributed by atoms with E-state index in [4.69, 9.17) is 4.74 Å². The lowest BCUT2D eigenvalue weighted by Crippen LogP contribution is -2.51. The van der Waals surface area contributed by atoms with Crippen LogP contribution >= 0.6 is 0 Å². The van der Waals surface area contributed by atoms with Crippen LogP contribution in [0.3, 0.4) is 0 Å². The molecule has 10 heteroatoms. The van der Waals surface area contributed by atoms with E-state index < -0.39 is 40.5 Å². The van der Waals surface area contributed by atoms with Gasteiger partial charge in [-0.3, -0.25) is 14.4 Å². The van der Waals surface area contributed by atoms with Crippen molar-refractivity contribution in [2.45, 2.75) is 57.5 Å². The average Bonchev–Trinajstić information content (AvgIpc) is 3.01. The van der Waals surface area contributed by atoms with E-state index in [1.807, 2.05) is 25.1 Å². The Kier molecular flexibility index (Phi) is 6.98. The van der Waals surface area contributed by atoms with Gasteiger partial charge in [0.1, 0.15) is 23.8 Å². The van der Waals surface area contributed by atoms with Crippen LogP contribution in [0.1, 0.15) is 64.7 Å². The molecule has 0 spiro atoms. The van der Waals surface area contributed by atoms with Gasteiger partial charge in [0.2, 0.25) is 5.43 Å². The maximum absolute atomic E-state index is 14.1. The monoisotopic (exact) mass is 537 g/mol. The molecule has 2 aliphatic rings. The molecule has 2 aliphatic heterocycles. The number of hydrogen-bond donors (Lipinski definition) is 2. The zero-order valence-electron chi connectivity index (χ0n) is 21.6. The summed E-state index contributed by atoms with van der Waals surface area (Å²) in [6.45, 7) is 3.44. The number of nitrogens with zero attached hydrogens (tertiary/aromatic N) is 2. The predicted molar refractivity (Wildman–Crippen MR) is 138 cm³/mol. The van der Waals surface area contributed by atoms with Gasteiger partial charge in [0.15, 0.2) is 11.4 Å². The van der Waals surface area contributed by atoms with Crippen LogP contribution in [0.4, 0.5) is 8.78 Å². The van der Waals surface area contributed by atoms with Gasteiger partial charge in [-0.25, -0.2) is 8.78 Å². The van der Waals surface area contributed by atoms with Crippen molar-refractivity contribution in [1.29, 1.82) is 0 Å². The number of hydrogen-bond acceptors (Lipinski definition) is 5. The van der Waals surface area contributed by atoms with Crippen molar-refractivity contribution in [2.24, 2.45) is 0 Å². The Bertz CT molecular complexity index is 1490. The van der Waals surface area contributed by atoms with Gasteiger partial charge < -0.3 is 24.6 Å². The highest BCUT2D eigenvalue weighted by atomic mass is 19.1. The number of ether oxygens (including phenoxy) is 1. The largest absolute Gasteiger partial charge is 0.483 e. The van der Waals surface area contributed by atoms with Gasteiger partial charge in [-0.15, -0.1) is 0 Å². The molecular weight excluding hydrogens is 508 g/mol. The van der Waals surface area contributed by atoms with E-state index in [2.05, 4.69) is 5.32 Å². The molecule has 2 bridgehead atoms. The lowest BCUT2D eigenvalue weighted by molar-refractivity contribution is -0.00855. The number of aromatic nitrogens is 1. The van der Waals surface area contributed by atoms with Crippen molar-refractivity contribution in [1.82, 2.24) is 14.8 Å². The number of aliphatic hydroxyl groups is 1. The van der Waals surface area contributed by atoms with Crippen molar-refractivity contribution in [3.8, 4) is 5.75 Å². The standard InChI is InChI=1S/C29H29F2N3O5/c1-17-10-11-29(2,38)23-15-33(17)28(37)24-26(39-16-18-6-4-3-5-7-18)25(35)21(14-34(23)24)27(36)32-13-19-8-9-20(30)12-22(19)31/h3-9,12,14,17,23,38H,10-11,13,15-16H2,1-2H3,(H,32,36)/t17-,23+,29-/m0/s1. The van der Waals surface area contributed by atoms with E-state index in [0.29, 0.717) is 18.9 Å². The SMILES string of the molecule is C[C@H]1CC[C@](C)(O)[C@H]2CN1C(=O)c1c(OCc3ccccc3)c(=O)c(C(=O)NCc3ccc(F)cc3F)cn12. The van der Waals surface area contributed by atoms with E-state index in [1.54, 1.807) is 24.0 Å². The van der Waals surface area contributed by atoms with Crippen LogP contribution in [0.5, 0.6) is 5.75 Å². The molecular formula is C29H29F2N3O5. The Hall–Kier alpha value is -4.05. The number of pyridine rings is 1. The van der Waals surface area contributed by atoms with Crippen LogP contribution in [0.15, 0.2) is 59.5 Å². The molecule has 2 amide bonds. The van der Waals surface area contributed by atoms with Crippen LogP contribution in [-0.4, -0.2) is 44.6 Å². The minimum absolute atomic E-state index is 0.0256. The molecule has 0 saturated carbocycles. The molecule has 1 fully saturated rings. The third kappa shape index (κ3) is 5.04. The third-order valence-electron chi connectivity index (χ3n) is 7.60. The van der Waals surface area contributed by atoms with E-state index in [0.717, 1.165) is 11.6 Å². The summed E-state index contributed by atoms with van der Waals surface area (Å²) < 4.78 is 34.8. The topological polar surface area (TPSA) is 101 Å². The first kappa shape index (κ1) is 26.6. The second kappa shape index (κ2) is 10.3. The zero-order chi connectivity index (χ0) is 27.9. The Labute approximate surface area is 223 Å². The van der Waals surface area contributed by atoms with Crippen LogP contribution in [0.25, 0.3) is 0 Å². The Balaban J connectivity index is 1.58. The molecule has 5 rings (SSSR count). The quantitative estimate of drug-likeness (QED) is 0.501. The van der Waals surface area contributed by atoms with Crippen molar-refractivity contribution in [3.05, 3.63) is 99.0 Å². The highest BCUT2D eigenvalue weighted by Gasteiger charge is 2.47. The number of amides is 2. The number of benzene rings is 2. The molecule has 2 N–H and O–H groups in total. The summed E-state index contributed by atoms with van der Waals surface area (Å²) >= 11 is 0. The first-order valence-electron chi connectivity index (χ1n) is 12.8. The van der Waals surface area contributed by atoms with Gasteiger partial charge in [0, 0.05) is 37.0 Å². The molecule has 0 aliphatic carbocycles. The zero-order valence-corrected chi connectivity index (χ0v) is 21.6. The summed E-state index contributed by atoms with van der Waals surface area (Å²) in [7, 11) is 0. The molecule has 0 radical (unpaired) electrons. The fourth-order valence-electron chi connectivity index (χ4n) is 5.22. The Morgan fingerprint density at radius 2 is 1.92 bits per heavy atom. The van der Waals surface area contributed by atoms with Crippen LogP contribution < -0.4 is 15.5 Å². The third-order valence-corrected chi connectivity index (χ3v) is 7.60. The number of carbonyl (C=O) groups excluding carboxylic acids is 2. The number of rotatable bonds is 6. The Morgan fingerprint density at radius 1 is 1.18 bits per heavy atom. The van der Waals surface area contributed by atoms with Crippen LogP contribution in [0, 0.1) is 11.6 Å².